The minimum atomic E-state index is -4.39. The van der Waals surface area contributed by atoms with E-state index in [2.05, 4.69) is 41.8 Å². The number of benzene rings is 3. The Morgan fingerprint density at radius 3 is 2.30 bits per heavy atom. The predicted octanol–water partition coefficient (Wildman–Crippen LogP) is 8.13. The fourth-order valence-electron chi connectivity index (χ4n) is 5.26. The number of rotatable bonds is 12. The molecule has 47 heavy (non-hydrogen) atoms. The maximum Gasteiger partial charge on any atom is 0.416 e. The number of alkyl halides is 3. The first-order valence-electron chi connectivity index (χ1n) is 15.3. The van der Waals surface area contributed by atoms with Crippen LogP contribution in [0.5, 0.6) is 11.5 Å². The number of thiazole rings is 1. The van der Waals surface area contributed by atoms with Crippen LogP contribution in [0, 0.1) is 0 Å². The molecule has 4 aromatic rings. The largest absolute Gasteiger partial charge is 0.497 e. The Morgan fingerprint density at radius 1 is 0.979 bits per heavy atom. The van der Waals surface area contributed by atoms with Crippen LogP contribution in [0.2, 0.25) is 0 Å². The van der Waals surface area contributed by atoms with Crippen molar-refractivity contribution in [2.24, 2.45) is 0 Å². The Balaban J connectivity index is 1.33. The molecule has 0 aliphatic carbocycles. The van der Waals surface area contributed by atoms with Gasteiger partial charge in [-0.15, -0.1) is 23.1 Å². The van der Waals surface area contributed by atoms with Gasteiger partial charge in [0.2, 0.25) is 0 Å². The van der Waals surface area contributed by atoms with Crippen molar-refractivity contribution in [3.8, 4) is 22.1 Å². The number of halogens is 3. The average molecular weight is 686 g/mol. The van der Waals surface area contributed by atoms with E-state index in [0.717, 1.165) is 70.8 Å². The third-order valence-electron chi connectivity index (χ3n) is 7.97. The maximum atomic E-state index is 13.2. The molecule has 0 N–H and O–H groups in total. The van der Waals surface area contributed by atoms with Gasteiger partial charge in [-0.05, 0) is 66.1 Å². The van der Waals surface area contributed by atoms with Gasteiger partial charge in [0, 0.05) is 59.5 Å². The smallest absolute Gasteiger partial charge is 0.416 e. The summed E-state index contributed by atoms with van der Waals surface area (Å²) in [6, 6.07) is 19.2. The lowest BCUT2D eigenvalue weighted by Crippen LogP contribution is -2.46. The monoisotopic (exact) mass is 685 g/mol. The molecule has 0 atom stereocenters. The Bertz CT molecular complexity index is 1640. The minimum absolute atomic E-state index is 0.159. The summed E-state index contributed by atoms with van der Waals surface area (Å²) in [4.78, 5) is 23.5. The van der Waals surface area contributed by atoms with Crippen molar-refractivity contribution in [2.75, 3.05) is 51.9 Å². The van der Waals surface area contributed by atoms with E-state index in [0.29, 0.717) is 28.6 Å². The lowest BCUT2D eigenvalue weighted by atomic mass is 10.0. The molecule has 2 heterocycles. The standard InChI is InChI=1S/C35H38F3N3O4S2/c1-23(2)29-19-28(13-14-31(29)45-21-33(42)44-4)46-22-32-30(39-34(47-32)24-5-7-25(8-6-24)35(36,37)38)20-40-15-17-41(18-16-40)26-9-11-27(43-3)12-10-26/h5-14,19,23H,15-18,20-22H2,1-4H3. The van der Waals surface area contributed by atoms with E-state index in [-0.39, 0.29) is 12.5 Å². The van der Waals surface area contributed by atoms with Crippen LogP contribution >= 0.6 is 23.1 Å². The highest BCUT2D eigenvalue weighted by molar-refractivity contribution is 7.98. The highest BCUT2D eigenvalue weighted by atomic mass is 32.2. The van der Waals surface area contributed by atoms with E-state index in [9.17, 15) is 18.0 Å². The molecule has 7 nitrogen and oxygen atoms in total. The number of carbonyl (C=O) groups is 1. The van der Waals surface area contributed by atoms with Crippen LogP contribution in [-0.2, 0) is 28.0 Å². The molecule has 1 aromatic heterocycles. The van der Waals surface area contributed by atoms with E-state index in [4.69, 9.17) is 19.2 Å². The van der Waals surface area contributed by atoms with Gasteiger partial charge in [-0.1, -0.05) is 26.0 Å². The molecule has 0 bridgehead atoms. The Kier molecular flexibility index (Phi) is 11.4. The molecule has 0 amide bonds. The number of aromatic nitrogens is 1. The van der Waals surface area contributed by atoms with Gasteiger partial charge in [0.1, 0.15) is 16.5 Å². The molecular formula is C35H38F3N3O4S2. The fraction of sp³-hybridized carbons (Fsp3) is 0.371. The van der Waals surface area contributed by atoms with Crippen molar-refractivity contribution < 1.29 is 32.2 Å². The van der Waals surface area contributed by atoms with Gasteiger partial charge in [0.25, 0.3) is 0 Å². The zero-order valence-electron chi connectivity index (χ0n) is 26.8. The first-order valence-corrected chi connectivity index (χ1v) is 17.1. The molecule has 0 unspecified atom stereocenters. The third-order valence-corrected chi connectivity index (χ3v) is 10.3. The minimum Gasteiger partial charge on any atom is -0.497 e. The summed E-state index contributed by atoms with van der Waals surface area (Å²) in [6.07, 6.45) is -4.39. The van der Waals surface area contributed by atoms with Crippen LogP contribution in [0.25, 0.3) is 10.6 Å². The number of thioether (sulfide) groups is 1. The number of piperazine rings is 1. The number of hydrogen-bond donors (Lipinski definition) is 0. The summed E-state index contributed by atoms with van der Waals surface area (Å²) in [5.74, 6) is 1.85. The summed E-state index contributed by atoms with van der Waals surface area (Å²) < 4.78 is 55.4. The molecular weight excluding hydrogens is 648 g/mol. The van der Waals surface area contributed by atoms with Crippen LogP contribution in [0.1, 0.15) is 41.5 Å². The number of anilines is 1. The average Bonchev–Trinajstić information content (AvgIpc) is 3.48. The maximum absolute atomic E-state index is 13.2. The van der Waals surface area contributed by atoms with Crippen molar-refractivity contribution in [1.82, 2.24) is 9.88 Å². The molecule has 0 saturated carbocycles. The molecule has 1 saturated heterocycles. The van der Waals surface area contributed by atoms with Crippen molar-refractivity contribution in [3.63, 3.8) is 0 Å². The van der Waals surface area contributed by atoms with E-state index >= 15 is 0 Å². The molecule has 1 fully saturated rings. The van der Waals surface area contributed by atoms with Crippen LogP contribution in [0.4, 0.5) is 18.9 Å². The van der Waals surface area contributed by atoms with Gasteiger partial charge >= 0.3 is 12.1 Å². The van der Waals surface area contributed by atoms with Crippen molar-refractivity contribution in [3.05, 3.63) is 88.4 Å². The van der Waals surface area contributed by atoms with Crippen LogP contribution in [0.15, 0.2) is 71.6 Å². The highest BCUT2D eigenvalue weighted by Gasteiger charge is 2.30. The van der Waals surface area contributed by atoms with E-state index < -0.39 is 17.7 Å². The van der Waals surface area contributed by atoms with Crippen LogP contribution < -0.4 is 14.4 Å². The number of methoxy groups -OCH3 is 2. The molecule has 0 radical (unpaired) electrons. The third kappa shape index (κ3) is 9.00. The van der Waals surface area contributed by atoms with E-state index in [1.165, 1.54) is 30.6 Å². The highest BCUT2D eigenvalue weighted by Crippen LogP contribution is 2.38. The zero-order chi connectivity index (χ0) is 33.6. The normalized spacial score (nSPS) is 14.0. The van der Waals surface area contributed by atoms with Gasteiger partial charge in [0.05, 0.1) is 25.5 Å². The SMILES string of the molecule is COC(=O)COc1ccc(SCc2sc(-c3ccc(C(F)(F)F)cc3)nc2CN2CCN(c3ccc(OC)cc3)CC2)cc1C(C)C. The summed E-state index contributed by atoms with van der Waals surface area (Å²) in [5, 5.41) is 0.704. The fourth-order valence-corrected chi connectivity index (χ4v) is 7.38. The van der Waals surface area contributed by atoms with Crippen molar-refractivity contribution in [1.29, 1.82) is 0 Å². The number of esters is 1. The molecule has 1 aliphatic rings. The first kappa shape index (κ1) is 34.6. The lowest BCUT2D eigenvalue weighted by molar-refractivity contribution is -0.143. The Morgan fingerprint density at radius 2 is 1.68 bits per heavy atom. The number of nitrogens with zero attached hydrogens (tertiary/aromatic N) is 3. The van der Waals surface area contributed by atoms with Crippen molar-refractivity contribution >= 4 is 34.8 Å². The van der Waals surface area contributed by atoms with Crippen molar-refractivity contribution in [2.45, 2.75) is 43.1 Å². The molecule has 1 aliphatic heterocycles. The second kappa shape index (κ2) is 15.4. The second-order valence-electron chi connectivity index (χ2n) is 11.4. The topological polar surface area (TPSA) is 64.1 Å². The number of ether oxygens (including phenoxy) is 3. The predicted molar refractivity (Wildman–Crippen MR) is 181 cm³/mol. The van der Waals surface area contributed by atoms with Gasteiger partial charge in [-0.3, -0.25) is 4.90 Å². The molecule has 5 rings (SSSR count). The lowest BCUT2D eigenvalue weighted by Gasteiger charge is -2.36. The van der Waals surface area contributed by atoms with Gasteiger partial charge in [-0.2, -0.15) is 13.2 Å². The quantitative estimate of drug-likeness (QED) is 0.110. The zero-order valence-corrected chi connectivity index (χ0v) is 28.4. The molecule has 12 heteroatoms. The molecule has 3 aromatic carbocycles. The Labute approximate surface area is 281 Å². The number of hydrogen-bond acceptors (Lipinski definition) is 9. The summed E-state index contributed by atoms with van der Waals surface area (Å²) in [7, 11) is 2.99. The summed E-state index contributed by atoms with van der Waals surface area (Å²) in [6.45, 7) is 8.09. The second-order valence-corrected chi connectivity index (χ2v) is 13.6. The van der Waals surface area contributed by atoms with Crippen LogP contribution in [-0.4, -0.2) is 62.9 Å². The first-order chi connectivity index (χ1) is 22.5. The van der Waals surface area contributed by atoms with Crippen LogP contribution in [0.3, 0.4) is 0 Å². The summed E-state index contributed by atoms with van der Waals surface area (Å²) >= 11 is 3.20. The summed E-state index contributed by atoms with van der Waals surface area (Å²) in [5.41, 5.74) is 3.08. The van der Waals surface area contributed by atoms with E-state index in [1.54, 1.807) is 18.9 Å². The molecule has 250 valence electrons. The van der Waals surface area contributed by atoms with Gasteiger partial charge in [-0.25, -0.2) is 9.78 Å². The van der Waals surface area contributed by atoms with Gasteiger partial charge < -0.3 is 19.1 Å². The van der Waals surface area contributed by atoms with Gasteiger partial charge in [0.15, 0.2) is 6.61 Å². The van der Waals surface area contributed by atoms with E-state index in [1.807, 2.05) is 24.3 Å². The number of carbonyl (C=O) groups excluding carboxylic acids is 1. The Hall–Kier alpha value is -3.74. The molecule has 0 spiro atoms.